The van der Waals surface area contributed by atoms with Crippen molar-refractivity contribution >= 4 is 11.6 Å². The van der Waals surface area contributed by atoms with Gasteiger partial charge in [-0.05, 0) is 19.4 Å². The average Bonchev–Trinajstić information content (AvgIpc) is 2.26. The Balaban J connectivity index is 2.56. The fourth-order valence-corrected chi connectivity index (χ4v) is 1.48. The van der Waals surface area contributed by atoms with Gasteiger partial charge in [0.2, 0.25) is 0 Å². The van der Waals surface area contributed by atoms with Crippen LogP contribution in [0.2, 0.25) is 0 Å². The standard InChI is InChI=1S/C12H19N3O/c1-3-4-5-9(2)15-12(16)10-8-14-7-6-11(10)13/h6-9H,3-5H2,1-2H3,(H2,13,14)(H,15,16). The third-order valence-corrected chi connectivity index (χ3v) is 2.47. The number of amides is 1. The Labute approximate surface area is 96.3 Å². The molecule has 0 saturated carbocycles. The topological polar surface area (TPSA) is 68.0 Å². The van der Waals surface area contributed by atoms with Crippen molar-refractivity contribution in [2.24, 2.45) is 0 Å². The van der Waals surface area contributed by atoms with E-state index in [1.54, 1.807) is 12.3 Å². The molecular weight excluding hydrogens is 202 g/mol. The molecule has 1 atom stereocenters. The summed E-state index contributed by atoms with van der Waals surface area (Å²) in [5.41, 5.74) is 6.61. The number of unbranched alkanes of at least 4 members (excludes halogenated alkanes) is 1. The number of hydrogen-bond acceptors (Lipinski definition) is 3. The van der Waals surface area contributed by atoms with E-state index < -0.39 is 0 Å². The summed E-state index contributed by atoms with van der Waals surface area (Å²) in [6.07, 6.45) is 6.31. The van der Waals surface area contributed by atoms with Crippen LogP contribution in [0.5, 0.6) is 0 Å². The van der Waals surface area contributed by atoms with E-state index in [1.165, 1.54) is 6.20 Å². The Morgan fingerprint density at radius 3 is 3.00 bits per heavy atom. The Bertz CT molecular complexity index is 352. The molecule has 16 heavy (non-hydrogen) atoms. The summed E-state index contributed by atoms with van der Waals surface area (Å²) in [6.45, 7) is 4.13. The number of nitrogen functional groups attached to an aromatic ring is 1. The fourth-order valence-electron chi connectivity index (χ4n) is 1.48. The number of hydrogen-bond donors (Lipinski definition) is 2. The van der Waals surface area contributed by atoms with Gasteiger partial charge in [0, 0.05) is 24.1 Å². The van der Waals surface area contributed by atoms with E-state index in [4.69, 9.17) is 5.73 Å². The summed E-state index contributed by atoms with van der Waals surface area (Å²) in [4.78, 5) is 15.7. The van der Waals surface area contributed by atoms with Gasteiger partial charge in [-0.3, -0.25) is 9.78 Å². The molecule has 0 radical (unpaired) electrons. The maximum absolute atomic E-state index is 11.8. The van der Waals surface area contributed by atoms with E-state index in [1.807, 2.05) is 6.92 Å². The molecule has 0 aliphatic carbocycles. The van der Waals surface area contributed by atoms with Gasteiger partial charge in [-0.15, -0.1) is 0 Å². The summed E-state index contributed by atoms with van der Waals surface area (Å²) >= 11 is 0. The number of carbonyl (C=O) groups is 1. The number of pyridine rings is 1. The third-order valence-electron chi connectivity index (χ3n) is 2.47. The molecule has 4 nitrogen and oxygen atoms in total. The smallest absolute Gasteiger partial charge is 0.255 e. The van der Waals surface area contributed by atoms with Gasteiger partial charge in [-0.2, -0.15) is 0 Å². The van der Waals surface area contributed by atoms with Gasteiger partial charge in [-0.25, -0.2) is 0 Å². The zero-order valence-electron chi connectivity index (χ0n) is 9.86. The van der Waals surface area contributed by atoms with Gasteiger partial charge >= 0.3 is 0 Å². The van der Waals surface area contributed by atoms with Crippen molar-refractivity contribution in [1.29, 1.82) is 0 Å². The van der Waals surface area contributed by atoms with Crippen molar-refractivity contribution in [3.63, 3.8) is 0 Å². The van der Waals surface area contributed by atoms with Crippen LogP contribution >= 0.6 is 0 Å². The highest BCUT2D eigenvalue weighted by Gasteiger charge is 2.11. The number of aromatic nitrogens is 1. The maximum Gasteiger partial charge on any atom is 0.255 e. The second-order valence-corrected chi connectivity index (χ2v) is 3.98. The van der Waals surface area contributed by atoms with Crippen LogP contribution in [-0.4, -0.2) is 16.9 Å². The highest BCUT2D eigenvalue weighted by Crippen LogP contribution is 2.09. The van der Waals surface area contributed by atoms with Gasteiger partial charge in [0.1, 0.15) is 0 Å². The minimum atomic E-state index is -0.144. The Hall–Kier alpha value is -1.58. The lowest BCUT2D eigenvalue weighted by Crippen LogP contribution is -2.33. The molecule has 0 spiro atoms. The highest BCUT2D eigenvalue weighted by molar-refractivity contribution is 5.98. The molecule has 0 bridgehead atoms. The van der Waals surface area contributed by atoms with E-state index in [9.17, 15) is 4.79 Å². The summed E-state index contributed by atoms with van der Waals surface area (Å²) in [5, 5.41) is 2.91. The fraction of sp³-hybridized carbons (Fsp3) is 0.500. The van der Waals surface area contributed by atoms with Crippen LogP contribution < -0.4 is 11.1 Å². The number of carbonyl (C=O) groups excluding carboxylic acids is 1. The third kappa shape index (κ3) is 3.53. The first-order valence-electron chi connectivity index (χ1n) is 5.65. The molecule has 1 aromatic rings. The molecule has 0 aromatic carbocycles. The second-order valence-electron chi connectivity index (χ2n) is 3.98. The summed E-state index contributed by atoms with van der Waals surface area (Å²) < 4.78 is 0. The van der Waals surface area contributed by atoms with Gasteiger partial charge in [0.25, 0.3) is 5.91 Å². The molecule has 0 aliphatic heterocycles. The van der Waals surface area contributed by atoms with Crippen molar-refractivity contribution in [2.45, 2.75) is 39.2 Å². The predicted octanol–water partition coefficient (Wildman–Crippen LogP) is 1.97. The molecule has 1 aromatic heterocycles. The monoisotopic (exact) mass is 221 g/mol. The van der Waals surface area contributed by atoms with E-state index in [-0.39, 0.29) is 11.9 Å². The lowest BCUT2D eigenvalue weighted by atomic mass is 10.1. The first-order chi connectivity index (χ1) is 7.65. The first-order valence-corrected chi connectivity index (χ1v) is 5.65. The number of nitrogens with two attached hydrogens (primary N) is 1. The quantitative estimate of drug-likeness (QED) is 0.798. The molecule has 1 unspecified atom stereocenters. The van der Waals surface area contributed by atoms with Crippen LogP contribution in [0.25, 0.3) is 0 Å². The largest absolute Gasteiger partial charge is 0.398 e. The van der Waals surface area contributed by atoms with Crippen LogP contribution in [0.15, 0.2) is 18.5 Å². The summed E-state index contributed by atoms with van der Waals surface area (Å²) in [7, 11) is 0. The van der Waals surface area contributed by atoms with E-state index in [0.29, 0.717) is 11.3 Å². The highest BCUT2D eigenvalue weighted by atomic mass is 16.1. The molecule has 3 N–H and O–H groups in total. The van der Waals surface area contributed by atoms with Crippen LogP contribution in [0.1, 0.15) is 43.5 Å². The van der Waals surface area contributed by atoms with Crippen molar-refractivity contribution in [1.82, 2.24) is 10.3 Å². The van der Waals surface area contributed by atoms with Crippen LogP contribution in [0, 0.1) is 0 Å². The molecule has 1 amide bonds. The molecule has 0 fully saturated rings. The van der Waals surface area contributed by atoms with Gasteiger partial charge in [-0.1, -0.05) is 19.8 Å². The Kier molecular flexibility index (Phi) is 4.76. The molecule has 0 aliphatic rings. The summed E-state index contributed by atoms with van der Waals surface area (Å²) in [6, 6.07) is 1.80. The predicted molar refractivity (Wildman–Crippen MR) is 65.1 cm³/mol. The SMILES string of the molecule is CCCCC(C)NC(=O)c1cnccc1N. The maximum atomic E-state index is 11.8. The first kappa shape index (κ1) is 12.5. The zero-order chi connectivity index (χ0) is 12.0. The Morgan fingerprint density at radius 2 is 2.38 bits per heavy atom. The lowest BCUT2D eigenvalue weighted by Gasteiger charge is -2.13. The molecule has 0 saturated heterocycles. The minimum Gasteiger partial charge on any atom is -0.398 e. The molecular formula is C12H19N3O. The molecule has 1 rings (SSSR count). The molecule has 4 heteroatoms. The van der Waals surface area contributed by atoms with Crippen molar-refractivity contribution in [3.8, 4) is 0 Å². The van der Waals surface area contributed by atoms with Crippen LogP contribution in [0.3, 0.4) is 0 Å². The molecule has 1 heterocycles. The van der Waals surface area contributed by atoms with Crippen LogP contribution in [-0.2, 0) is 0 Å². The van der Waals surface area contributed by atoms with E-state index in [2.05, 4.69) is 17.2 Å². The van der Waals surface area contributed by atoms with Crippen LogP contribution in [0.4, 0.5) is 5.69 Å². The molecule has 88 valence electrons. The van der Waals surface area contributed by atoms with Gasteiger partial charge < -0.3 is 11.1 Å². The van der Waals surface area contributed by atoms with Crippen molar-refractivity contribution in [2.75, 3.05) is 5.73 Å². The zero-order valence-corrected chi connectivity index (χ0v) is 9.86. The minimum absolute atomic E-state index is 0.144. The average molecular weight is 221 g/mol. The number of anilines is 1. The van der Waals surface area contributed by atoms with Gasteiger partial charge in [0.05, 0.1) is 5.56 Å². The van der Waals surface area contributed by atoms with Crippen molar-refractivity contribution in [3.05, 3.63) is 24.0 Å². The number of nitrogens with zero attached hydrogens (tertiary/aromatic N) is 1. The number of rotatable bonds is 5. The Morgan fingerprint density at radius 1 is 1.62 bits per heavy atom. The number of nitrogens with one attached hydrogen (secondary N) is 1. The summed E-state index contributed by atoms with van der Waals surface area (Å²) in [5.74, 6) is -0.144. The van der Waals surface area contributed by atoms with Gasteiger partial charge in [0.15, 0.2) is 0 Å². The second kappa shape index (κ2) is 6.10. The normalized spacial score (nSPS) is 12.1. The van der Waals surface area contributed by atoms with E-state index in [0.717, 1.165) is 19.3 Å². The lowest BCUT2D eigenvalue weighted by molar-refractivity contribution is 0.0938. The van der Waals surface area contributed by atoms with E-state index >= 15 is 0 Å². The van der Waals surface area contributed by atoms with Crippen molar-refractivity contribution < 1.29 is 4.79 Å².